The molecule has 6 nitrogen and oxygen atoms in total. The third-order valence-corrected chi connectivity index (χ3v) is 4.59. The van der Waals surface area contributed by atoms with Crippen LogP contribution in [0.1, 0.15) is 24.3 Å². The van der Waals surface area contributed by atoms with E-state index >= 15 is 0 Å². The monoisotopic (exact) mass is 341 g/mol. The van der Waals surface area contributed by atoms with Crippen molar-refractivity contribution >= 4 is 0 Å². The fourth-order valence-corrected chi connectivity index (χ4v) is 3.19. The van der Waals surface area contributed by atoms with Gasteiger partial charge < -0.3 is 13.9 Å². The largest absolute Gasteiger partial charge is 0.497 e. The summed E-state index contributed by atoms with van der Waals surface area (Å²) in [6, 6.07) is 7.92. The number of likely N-dealkylation sites (tertiary alicyclic amines) is 1. The topological polar surface area (TPSA) is 71.5 Å². The Hall–Kier alpha value is -2.52. The zero-order valence-corrected chi connectivity index (χ0v) is 14.9. The Kier molecular flexibility index (Phi) is 5.25. The van der Waals surface area contributed by atoms with Crippen molar-refractivity contribution in [2.75, 3.05) is 27.3 Å². The van der Waals surface area contributed by atoms with E-state index in [0.717, 1.165) is 48.7 Å². The lowest BCUT2D eigenvalue weighted by Crippen LogP contribution is -2.34. The Balaban J connectivity index is 1.84. The Morgan fingerprint density at radius 1 is 1.36 bits per heavy atom. The van der Waals surface area contributed by atoms with E-state index in [9.17, 15) is 0 Å². The summed E-state index contributed by atoms with van der Waals surface area (Å²) in [4.78, 5) is 6.95. The van der Waals surface area contributed by atoms with Gasteiger partial charge in [0.1, 0.15) is 17.3 Å². The molecule has 25 heavy (non-hydrogen) atoms. The van der Waals surface area contributed by atoms with Gasteiger partial charge in [0, 0.05) is 13.1 Å². The van der Waals surface area contributed by atoms with E-state index in [1.54, 1.807) is 14.2 Å². The minimum atomic E-state index is 0.110. The Labute approximate surface area is 148 Å². The molecule has 0 saturated carbocycles. The lowest BCUT2D eigenvalue weighted by atomic mass is 9.99. The molecule has 1 unspecified atom stereocenters. The second-order valence-electron chi connectivity index (χ2n) is 6.29. The van der Waals surface area contributed by atoms with Gasteiger partial charge in [0.15, 0.2) is 0 Å². The second-order valence-corrected chi connectivity index (χ2v) is 6.29. The van der Waals surface area contributed by atoms with Gasteiger partial charge in [-0.3, -0.25) is 4.90 Å². The highest BCUT2D eigenvalue weighted by molar-refractivity contribution is 5.65. The third-order valence-electron chi connectivity index (χ3n) is 4.59. The van der Waals surface area contributed by atoms with Crippen LogP contribution in [0, 0.1) is 24.2 Å². The van der Waals surface area contributed by atoms with Crippen LogP contribution in [0.25, 0.3) is 11.5 Å². The van der Waals surface area contributed by atoms with Gasteiger partial charge in [0.05, 0.1) is 37.5 Å². The molecule has 0 spiro atoms. The van der Waals surface area contributed by atoms with E-state index in [4.69, 9.17) is 19.2 Å². The van der Waals surface area contributed by atoms with Crippen molar-refractivity contribution in [1.29, 1.82) is 5.26 Å². The summed E-state index contributed by atoms with van der Waals surface area (Å²) in [5, 5.41) is 9.15. The minimum Gasteiger partial charge on any atom is -0.497 e. The first-order chi connectivity index (χ1) is 12.1. The number of aryl methyl sites for hydroxylation is 1. The van der Waals surface area contributed by atoms with Gasteiger partial charge in [0.2, 0.25) is 5.89 Å². The zero-order chi connectivity index (χ0) is 17.8. The summed E-state index contributed by atoms with van der Waals surface area (Å²) in [6.07, 6.45) is 2.03. The van der Waals surface area contributed by atoms with Gasteiger partial charge in [-0.05, 0) is 44.5 Å². The van der Waals surface area contributed by atoms with E-state index in [1.165, 1.54) is 0 Å². The number of benzene rings is 1. The number of hydrogen-bond acceptors (Lipinski definition) is 6. The first kappa shape index (κ1) is 17.3. The van der Waals surface area contributed by atoms with Crippen LogP contribution in [0.15, 0.2) is 22.6 Å². The lowest BCUT2D eigenvalue weighted by molar-refractivity contribution is 0.189. The van der Waals surface area contributed by atoms with Crippen molar-refractivity contribution in [1.82, 2.24) is 9.88 Å². The van der Waals surface area contributed by atoms with Crippen LogP contribution in [0.2, 0.25) is 0 Å². The molecule has 3 rings (SSSR count). The molecule has 1 aliphatic heterocycles. The minimum absolute atomic E-state index is 0.110. The molecule has 0 bridgehead atoms. The highest BCUT2D eigenvalue weighted by atomic mass is 16.5. The second kappa shape index (κ2) is 7.58. The standard InChI is InChI=1S/C19H23N3O3/c1-13-17(12-22-8-4-5-14(10-20)11-22)21-19(25-13)16-9-15(23-2)6-7-18(16)24-3/h6-7,9,14H,4-5,8,11-12H2,1-3H3. The molecule has 1 saturated heterocycles. The molecule has 0 amide bonds. The number of ether oxygens (including phenoxy) is 2. The molecule has 1 fully saturated rings. The molecule has 2 heterocycles. The summed E-state index contributed by atoms with van der Waals surface area (Å²) in [7, 11) is 3.25. The highest BCUT2D eigenvalue weighted by Crippen LogP contribution is 2.34. The van der Waals surface area contributed by atoms with Gasteiger partial charge in [0.25, 0.3) is 0 Å². The molecular weight excluding hydrogens is 318 g/mol. The molecule has 1 aromatic heterocycles. The van der Waals surface area contributed by atoms with Crippen molar-refractivity contribution in [3.8, 4) is 29.0 Å². The number of nitrogens with zero attached hydrogens (tertiary/aromatic N) is 3. The van der Waals surface area contributed by atoms with Crippen LogP contribution < -0.4 is 9.47 Å². The van der Waals surface area contributed by atoms with Crippen LogP contribution >= 0.6 is 0 Å². The highest BCUT2D eigenvalue weighted by Gasteiger charge is 2.22. The Morgan fingerprint density at radius 3 is 2.92 bits per heavy atom. The summed E-state index contributed by atoms with van der Waals surface area (Å²) < 4.78 is 16.6. The molecule has 0 radical (unpaired) electrons. The van der Waals surface area contributed by atoms with Gasteiger partial charge in [-0.25, -0.2) is 4.98 Å². The van der Waals surface area contributed by atoms with Crippen molar-refractivity contribution in [2.45, 2.75) is 26.3 Å². The molecule has 132 valence electrons. The summed E-state index contributed by atoms with van der Waals surface area (Å²) in [5.41, 5.74) is 1.67. The molecule has 2 aromatic rings. The predicted molar refractivity (Wildman–Crippen MR) is 93.4 cm³/mol. The van der Waals surface area contributed by atoms with Crippen LogP contribution in [0.4, 0.5) is 0 Å². The fourth-order valence-electron chi connectivity index (χ4n) is 3.19. The zero-order valence-electron chi connectivity index (χ0n) is 14.9. The van der Waals surface area contributed by atoms with E-state index in [0.29, 0.717) is 18.2 Å². The maximum Gasteiger partial charge on any atom is 0.230 e. The summed E-state index contributed by atoms with van der Waals surface area (Å²) >= 11 is 0. The number of oxazole rings is 1. The Bertz CT molecular complexity index is 779. The van der Waals surface area contributed by atoms with Crippen molar-refractivity contribution in [3.05, 3.63) is 29.7 Å². The maximum absolute atomic E-state index is 9.15. The normalized spacial score (nSPS) is 17.9. The number of methoxy groups -OCH3 is 2. The average molecular weight is 341 g/mol. The van der Waals surface area contributed by atoms with Crippen molar-refractivity contribution < 1.29 is 13.9 Å². The van der Waals surface area contributed by atoms with Crippen LogP contribution in [-0.2, 0) is 6.54 Å². The smallest absolute Gasteiger partial charge is 0.230 e. The quantitative estimate of drug-likeness (QED) is 0.830. The average Bonchev–Trinajstić information content (AvgIpc) is 3.01. The van der Waals surface area contributed by atoms with Crippen molar-refractivity contribution in [2.24, 2.45) is 5.92 Å². The molecular formula is C19H23N3O3. The molecule has 0 aliphatic carbocycles. The van der Waals surface area contributed by atoms with Gasteiger partial charge in [-0.2, -0.15) is 5.26 Å². The molecule has 0 N–H and O–H groups in total. The van der Waals surface area contributed by atoms with Crippen LogP contribution in [0.3, 0.4) is 0 Å². The van der Waals surface area contributed by atoms with Gasteiger partial charge in [-0.15, -0.1) is 0 Å². The van der Waals surface area contributed by atoms with Gasteiger partial charge >= 0.3 is 0 Å². The number of hydrogen-bond donors (Lipinski definition) is 0. The van der Waals surface area contributed by atoms with E-state index in [-0.39, 0.29) is 5.92 Å². The van der Waals surface area contributed by atoms with E-state index in [1.807, 2.05) is 25.1 Å². The summed E-state index contributed by atoms with van der Waals surface area (Å²) in [6.45, 7) is 4.40. The van der Waals surface area contributed by atoms with Crippen LogP contribution in [0.5, 0.6) is 11.5 Å². The molecule has 1 aromatic carbocycles. The lowest BCUT2D eigenvalue weighted by Gasteiger charge is -2.28. The SMILES string of the molecule is COc1ccc(OC)c(-c2nc(CN3CCCC(C#N)C3)c(C)o2)c1. The Morgan fingerprint density at radius 2 is 2.20 bits per heavy atom. The molecule has 1 atom stereocenters. The third kappa shape index (κ3) is 3.77. The first-order valence-corrected chi connectivity index (χ1v) is 8.45. The number of piperidine rings is 1. The van der Waals surface area contributed by atoms with Gasteiger partial charge in [-0.1, -0.05) is 0 Å². The number of aromatic nitrogens is 1. The fraction of sp³-hybridized carbons (Fsp3) is 0.474. The van der Waals surface area contributed by atoms with Crippen LogP contribution in [-0.4, -0.2) is 37.2 Å². The summed E-state index contributed by atoms with van der Waals surface area (Å²) in [5.74, 6) is 2.84. The van der Waals surface area contributed by atoms with E-state index in [2.05, 4.69) is 16.0 Å². The molecule has 1 aliphatic rings. The van der Waals surface area contributed by atoms with E-state index < -0.39 is 0 Å². The molecule has 6 heteroatoms. The maximum atomic E-state index is 9.15. The predicted octanol–water partition coefficient (Wildman–Crippen LogP) is 3.40. The first-order valence-electron chi connectivity index (χ1n) is 8.45. The number of rotatable bonds is 5. The number of nitriles is 1. The van der Waals surface area contributed by atoms with Crippen molar-refractivity contribution in [3.63, 3.8) is 0 Å².